The van der Waals surface area contributed by atoms with Gasteiger partial charge in [0.2, 0.25) is 0 Å². The molecule has 0 atom stereocenters. The van der Waals surface area contributed by atoms with E-state index in [2.05, 4.69) is 15.3 Å². The van der Waals surface area contributed by atoms with Gasteiger partial charge >= 0.3 is 5.97 Å². The normalized spacial score (nSPS) is 10.5. The molecule has 3 rings (SSSR count). The number of nitrogens with one attached hydrogen (secondary N) is 1. The molecular weight excluding hydrogens is 326 g/mol. The number of rotatable bonds is 5. The molecule has 2 N–H and O–H groups in total. The molecule has 3 heterocycles. The number of amides is 1. The molecule has 22 heavy (non-hydrogen) atoms. The van der Waals surface area contributed by atoms with Crippen molar-refractivity contribution in [3.05, 3.63) is 45.6 Å². The summed E-state index contributed by atoms with van der Waals surface area (Å²) in [6.07, 6.45) is 1.54. The van der Waals surface area contributed by atoms with Gasteiger partial charge in [-0.2, -0.15) is 0 Å². The molecule has 1 amide bonds. The zero-order valence-corrected chi connectivity index (χ0v) is 12.6. The SMILES string of the molecule is O=C(O)c1csc(CNC(=O)c2csc(-c3ccco3)n2)n1. The number of hydrogen-bond acceptors (Lipinski definition) is 7. The highest BCUT2D eigenvalue weighted by Crippen LogP contribution is 2.23. The van der Waals surface area contributed by atoms with Gasteiger partial charge in [-0.05, 0) is 12.1 Å². The third kappa shape index (κ3) is 3.05. The van der Waals surface area contributed by atoms with Crippen LogP contribution in [0.15, 0.2) is 33.6 Å². The van der Waals surface area contributed by atoms with Crippen LogP contribution in [-0.4, -0.2) is 27.0 Å². The largest absolute Gasteiger partial charge is 0.476 e. The number of carbonyl (C=O) groups is 2. The molecule has 0 aliphatic carbocycles. The molecule has 0 fully saturated rings. The monoisotopic (exact) mass is 335 g/mol. The fourth-order valence-electron chi connectivity index (χ4n) is 1.63. The lowest BCUT2D eigenvalue weighted by atomic mass is 10.4. The van der Waals surface area contributed by atoms with Crippen molar-refractivity contribution in [1.82, 2.24) is 15.3 Å². The quantitative estimate of drug-likeness (QED) is 0.742. The Balaban J connectivity index is 1.63. The second kappa shape index (κ2) is 6.08. The molecule has 112 valence electrons. The van der Waals surface area contributed by atoms with E-state index in [0.717, 1.165) is 0 Å². The smallest absolute Gasteiger partial charge is 0.355 e. The lowest BCUT2D eigenvalue weighted by Crippen LogP contribution is -2.23. The predicted octanol–water partition coefficient (Wildman–Crippen LogP) is 2.49. The van der Waals surface area contributed by atoms with Crippen molar-refractivity contribution < 1.29 is 19.1 Å². The van der Waals surface area contributed by atoms with Crippen LogP contribution in [0.25, 0.3) is 10.8 Å². The van der Waals surface area contributed by atoms with E-state index in [1.54, 1.807) is 23.8 Å². The van der Waals surface area contributed by atoms with Crippen molar-refractivity contribution in [2.45, 2.75) is 6.54 Å². The molecule has 0 aromatic carbocycles. The average molecular weight is 335 g/mol. The predicted molar refractivity (Wildman–Crippen MR) is 80.1 cm³/mol. The van der Waals surface area contributed by atoms with E-state index >= 15 is 0 Å². The highest BCUT2D eigenvalue weighted by molar-refractivity contribution is 7.13. The number of carboxylic acid groups (broad SMARTS) is 1. The lowest BCUT2D eigenvalue weighted by molar-refractivity contribution is 0.0691. The first-order valence-electron chi connectivity index (χ1n) is 6.09. The van der Waals surface area contributed by atoms with Crippen LogP contribution in [0.1, 0.15) is 26.0 Å². The maximum absolute atomic E-state index is 12.0. The van der Waals surface area contributed by atoms with E-state index < -0.39 is 5.97 Å². The van der Waals surface area contributed by atoms with Gasteiger partial charge in [-0.15, -0.1) is 22.7 Å². The summed E-state index contributed by atoms with van der Waals surface area (Å²) in [7, 11) is 0. The molecule has 0 saturated heterocycles. The van der Waals surface area contributed by atoms with Crippen molar-refractivity contribution in [3.63, 3.8) is 0 Å². The van der Waals surface area contributed by atoms with Crippen molar-refractivity contribution in [3.8, 4) is 10.8 Å². The number of aromatic nitrogens is 2. The molecule has 0 saturated carbocycles. The summed E-state index contributed by atoms with van der Waals surface area (Å²) >= 11 is 2.49. The maximum Gasteiger partial charge on any atom is 0.355 e. The molecule has 0 aliphatic heterocycles. The van der Waals surface area contributed by atoms with Crippen molar-refractivity contribution in [2.24, 2.45) is 0 Å². The number of carbonyl (C=O) groups excluding carboxylic acids is 1. The summed E-state index contributed by atoms with van der Waals surface area (Å²) in [4.78, 5) is 30.8. The first kappa shape index (κ1) is 14.4. The maximum atomic E-state index is 12.0. The van der Waals surface area contributed by atoms with E-state index in [1.165, 1.54) is 28.1 Å². The van der Waals surface area contributed by atoms with Crippen LogP contribution < -0.4 is 5.32 Å². The molecule has 0 radical (unpaired) electrons. The fraction of sp³-hybridized carbons (Fsp3) is 0.0769. The molecule has 0 aliphatic rings. The van der Waals surface area contributed by atoms with Crippen molar-refractivity contribution >= 4 is 34.6 Å². The van der Waals surface area contributed by atoms with Crippen LogP contribution in [0.3, 0.4) is 0 Å². The Bertz CT molecular complexity index is 807. The van der Waals surface area contributed by atoms with Gasteiger partial charge in [-0.3, -0.25) is 4.79 Å². The summed E-state index contributed by atoms with van der Waals surface area (Å²) in [5.41, 5.74) is 0.259. The number of nitrogens with zero attached hydrogens (tertiary/aromatic N) is 2. The lowest BCUT2D eigenvalue weighted by Gasteiger charge is -1.99. The van der Waals surface area contributed by atoms with Crippen LogP contribution >= 0.6 is 22.7 Å². The van der Waals surface area contributed by atoms with E-state index in [-0.39, 0.29) is 23.8 Å². The Kier molecular flexibility index (Phi) is 3.98. The van der Waals surface area contributed by atoms with Crippen LogP contribution in [0.4, 0.5) is 0 Å². The van der Waals surface area contributed by atoms with E-state index in [0.29, 0.717) is 15.8 Å². The zero-order valence-electron chi connectivity index (χ0n) is 11.0. The number of thiazole rings is 2. The number of aromatic carboxylic acids is 1. The Morgan fingerprint density at radius 2 is 2.05 bits per heavy atom. The minimum Gasteiger partial charge on any atom is -0.476 e. The van der Waals surface area contributed by atoms with E-state index in [1.807, 2.05) is 0 Å². The summed E-state index contributed by atoms with van der Waals surface area (Å²) in [6, 6.07) is 3.52. The topological polar surface area (TPSA) is 105 Å². The molecule has 0 spiro atoms. The highest BCUT2D eigenvalue weighted by Gasteiger charge is 2.14. The summed E-state index contributed by atoms with van der Waals surface area (Å²) < 4.78 is 5.22. The van der Waals surface area contributed by atoms with Gasteiger partial charge in [0, 0.05) is 10.8 Å². The first-order valence-corrected chi connectivity index (χ1v) is 7.84. The van der Waals surface area contributed by atoms with Crippen LogP contribution in [-0.2, 0) is 6.54 Å². The molecule has 7 nitrogen and oxygen atoms in total. The van der Waals surface area contributed by atoms with Gasteiger partial charge in [0.1, 0.15) is 10.7 Å². The minimum atomic E-state index is -1.09. The molecule has 3 aromatic rings. The van der Waals surface area contributed by atoms with Crippen LogP contribution in [0.2, 0.25) is 0 Å². The van der Waals surface area contributed by atoms with Gasteiger partial charge in [-0.25, -0.2) is 14.8 Å². The highest BCUT2D eigenvalue weighted by atomic mass is 32.1. The second-order valence-electron chi connectivity index (χ2n) is 4.13. The Morgan fingerprint density at radius 3 is 2.73 bits per heavy atom. The molecule has 3 aromatic heterocycles. The summed E-state index contributed by atoms with van der Waals surface area (Å²) in [6.45, 7) is 0.157. The number of carboxylic acids is 1. The summed E-state index contributed by atoms with van der Waals surface area (Å²) in [5, 5.41) is 15.7. The second-order valence-corrected chi connectivity index (χ2v) is 5.93. The van der Waals surface area contributed by atoms with E-state index in [9.17, 15) is 9.59 Å². The number of hydrogen-bond donors (Lipinski definition) is 2. The van der Waals surface area contributed by atoms with Gasteiger partial charge in [-0.1, -0.05) is 0 Å². The Hall–Kier alpha value is -2.52. The first-order chi connectivity index (χ1) is 10.6. The van der Waals surface area contributed by atoms with Crippen molar-refractivity contribution in [1.29, 1.82) is 0 Å². The third-order valence-electron chi connectivity index (χ3n) is 2.64. The van der Waals surface area contributed by atoms with Crippen LogP contribution in [0, 0.1) is 0 Å². The standard InChI is InChI=1S/C13H9N3O4S2/c17-11(14-4-10-15-8(6-21-10)13(18)19)7-5-22-12(16-7)9-2-1-3-20-9/h1-3,5-6H,4H2,(H,14,17)(H,18,19). The molecular formula is C13H9N3O4S2. The zero-order chi connectivity index (χ0) is 15.5. The van der Waals surface area contributed by atoms with E-state index in [4.69, 9.17) is 9.52 Å². The summed E-state index contributed by atoms with van der Waals surface area (Å²) in [5.74, 6) is -0.826. The van der Waals surface area contributed by atoms with Crippen molar-refractivity contribution in [2.75, 3.05) is 0 Å². The Labute approximate surface area is 132 Å². The van der Waals surface area contributed by atoms with Gasteiger partial charge < -0.3 is 14.8 Å². The van der Waals surface area contributed by atoms with Gasteiger partial charge in [0.25, 0.3) is 5.91 Å². The molecule has 0 bridgehead atoms. The fourth-order valence-corrected chi connectivity index (χ4v) is 3.10. The van der Waals surface area contributed by atoms with Crippen LogP contribution in [0.5, 0.6) is 0 Å². The Morgan fingerprint density at radius 1 is 1.23 bits per heavy atom. The van der Waals surface area contributed by atoms with Gasteiger partial charge in [0.15, 0.2) is 16.5 Å². The van der Waals surface area contributed by atoms with Gasteiger partial charge in [0.05, 0.1) is 12.8 Å². The molecule has 9 heteroatoms. The molecule has 0 unspecified atom stereocenters. The minimum absolute atomic E-state index is 0.0250. The number of furan rings is 1. The average Bonchev–Trinajstić information content (AvgIpc) is 3.23. The third-order valence-corrected chi connectivity index (χ3v) is 4.35.